The molecule has 0 radical (unpaired) electrons. The molecule has 1 amide bonds. The van der Waals surface area contributed by atoms with Crippen molar-refractivity contribution in [3.63, 3.8) is 0 Å². The first-order chi connectivity index (χ1) is 18.9. The van der Waals surface area contributed by atoms with Crippen LogP contribution in [0.4, 0.5) is 10.7 Å². The number of hydrogen-bond acceptors (Lipinski definition) is 7. The number of fused-ring (bicyclic) bond motifs is 2. The van der Waals surface area contributed by atoms with E-state index >= 15 is 0 Å². The van der Waals surface area contributed by atoms with Gasteiger partial charge in [-0.3, -0.25) is 9.52 Å². The first kappa shape index (κ1) is 25.5. The van der Waals surface area contributed by atoms with E-state index in [9.17, 15) is 13.2 Å². The zero-order valence-corrected chi connectivity index (χ0v) is 23.5. The third kappa shape index (κ3) is 5.15. The van der Waals surface area contributed by atoms with Crippen molar-refractivity contribution in [1.29, 1.82) is 0 Å². The molecule has 0 spiro atoms. The van der Waals surface area contributed by atoms with E-state index in [0.717, 1.165) is 51.5 Å². The molecule has 2 heterocycles. The van der Waals surface area contributed by atoms with Crippen LogP contribution in [0.15, 0.2) is 77.7 Å². The molecule has 6 rings (SSSR count). The van der Waals surface area contributed by atoms with Crippen molar-refractivity contribution in [2.75, 3.05) is 17.1 Å². The van der Waals surface area contributed by atoms with Crippen LogP contribution in [0.3, 0.4) is 0 Å². The molecule has 5 aromatic rings. The van der Waals surface area contributed by atoms with Crippen molar-refractivity contribution < 1.29 is 17.9 Å². The number of thiazole rings is 1. The summed E-state index contributed by atoms with van der Waals surface area (Å²) < 4.78 is 34.3. The Labute approximate surface area is 234 Å². The molecule has 0 aliphatic heterocycles. The smallest absolute Gasteiger partial charge is 0.261 e. The second kappa shape index (κ2) is 10.4. The van der Waals surface area contributed by atoms with E-state index in [1.54, 1.807) is 59.1 Å². The van der Waals surface area contributed by atoms with Crippen LogP contribution >= 0.6 is 22.7 Å². The number of nitrogens with one attached hydrogen (secondary N) is 2. The molecule has 0 atom stereocenters. The number of carbonyl (C=O) groups is 1. The van der Waals surface area contributed by atoms with Crippen LogP contribution in [-0.4, -0.2) is 26.4 Å². The van der Waals surface area contributed by atoms with Crippen LogP contribution in [0.5, 0.6) is 5.75 Å². The maximum Gasteiger partial charge on any atom is 0.261 e. The second-order valence-corrected chi connectivity index (χ2v) is 13.0. The van der Waals surface area contributed by atoms with Gasteiger partial charge in [0.2, 0.25) is 0 Å². The minimum atomic E-state index is -3.78. The molecule has 198 valence electrons. The molecule has 39 heavy (non-hydrogen) atoms. The number of hydrogen-bond donors (Lipinski definition) is 2. The van der Waals surface area contributed by atoms with Crippen molar-refractivity contribution in [2.45, 2.75) is 30.6 Å². The molecule has 10 heteroatoms. The van der Waals surface area contributed by atoms with E-state index in [1.165, 1.54) is 29.7 Å². The van der Waals surface area contributed by atoms with E-state index in [1.807, 2.05) is 18.2 Å². The number of carbonyl (C=O) groups excluding carboxylic acids is 1. The van der Waals surface area contributed by atoms with Crippen LogP contribution in [0.2, 0.25) is 0 Å². The molecule has 1 aliphatic rings. The van der Waals surface area contributed by atoms with Gasteiger partial charge in [0.1, 0.15) is 15.8 Å². The van der Waals surface area contributed by atoms with Gasteiger partial charge in [0, 0.05) is 21.7 Å². The quantitative estimate of drug-likeness (QED) is 0.219. The zero-order chi connectivity index (χ0) is 27.0. The Balaban J connectivity index is 1.24. The molecule has 0 saturated carbocycles. The van der Waals surface area contributed by atoms with Crippen molar-refractivity contribution in [3.8, 4) is 16.3 Å². The highest BCUT2D eigenvalue weighted by molar-refractivity contribution is 7.92. The number of para-hydroxylation sites is 1. The summed E-state index contributed by atoms with van der Waals surface area (Å²) in [5.41, 5.74) is 4.09. The predicted molar refractivity (Wildman–Crippen MR) is 158 cm³/mol. The molecule has 0 saturated heterocycles. The molecule has 0 unspecified atom stereocenters. The Kier molecular flexibility index (Phi) is 6.84. The summed E-state index contributed by atoms with van der Waals surface area (Å²) in [5.74, 6) is 0.322. The molecular formula is C29H25N3O4S3. The summed E-state index contributed by atoms with van der Waals surface area (Å²) in [5, 5.41) is 4.87. The summed E-state index contributed by atoms with van der Waals surface area (Å²) >= 11 is 3.28. The summed E-state index contributed by atoms with van der Waals surface area (Å²) in [6.07, 6.45) is 4.27. The first-order valence-corrected chi connectivity index (χ1v) is 15.6. The average Bonchev–Trinajstić information content (AvgIpc) is 3.54. The average molecular weight is 576 g/mol. The normalized spacial score (nSPS) is 13.2. The summed E-state index contributed by atoms with van der Waals surface area (Å²) in [6, 6.07) is 20.6. The summed E-state index contributed by atoms with van der Waals surface area (Å²) in [4.78, 5) is 19.6. The van der Waals surface area contributed by atoms with Gasteiger partial charge in [-0.2, -0.15) is 0 Å². The molecule has 2 N–H and O–H groups in total. The third-order valence-corrected chi connectivity index (χ3v) is 10.3. The number of benzene rings is 3. The Morgan fingerprint density at radius 2 is 1.67 bits per heavy atom. The number of anilines is 2. The Bertz CT molecular complexity index is 1740. The van der Waals surface area contributed by atoms with E-state index in [-0.39, 0.29) is 10.8 Å². The summed E-state index contributed by atoms with van der Waals surface area (Å²) in [7, 11) is -2.26. The molecule has 2 aromatic heterocycles. The van der Waals surface area contributed by atoms with Crippen LogP contribution in [0.1, 0.15) is 33.6 Å². The number of thiophene rings is 1. The fourth-order valence-corrected chi connectivity index (χ4v) is 8.15. The van der Waals surface area contributed by atoms with E-state index in [2.05, 4.69) is 16.1 Å². The number of sulfonamides is 1. The maximum absolute atomic E-state index is 13.3. The highest BCUT2D eigenvalue weighted by atomic mass is 32.2. The fourth-order valence-electron chi connectivity index (χ4n) is 4.69. The molecule has 1 aliphatic carbocycles. The van der Waals surface area contributed by atoms with E-state index < -0.39 is 10.0 Å². The maximum atomic E-state index is 13.3. The molecule has 0 fully saturated rings. The van der Waals surface area contributed by atoms with Crippen molar-refractivity contribution in [3.05, 3.63) is 88.8 Å². The minimum Gasteiger partial charge on any atom is -0.497 e. The van der Waals surface area contributed by atoms with Crippen LogP contribution in [-0.2, 0) is 22.9 Å². The van der Waals surface area contributed by atoms with E-state index in [4.69, 9.17) is 9.72 Å². The lowest BCUT2D eigenvalue weighted by atomic mass is 9.95. The lowest BCUT2D eigenvalue weighted by Crippen LogP contribution is -2.14. The number of aromatic nitrogens is 1. The van der Waals surface area contributed by atoms with Crippen LogP contribution in [0.25, 0.3) is 20.8 Å². The Hall–Kier alpha value is -3.73. The minimum absolute atomic E-state index is 0.120. The van der Waals surface area contributed by atoms with Gasteiger partial charge in [-0.1, -0.05) is 12.1 Å². The highest BCUT2D eigenvalue weighted by Crippen LogP contribution is 2.46. The van der Waals surface area contributed by atoms with Gasteiger partial charge in [-0.15, -0.1) is 22.7 Å². The third-order valence-electron chi connectivity index (χ3n) is 6.68. The summed E-state index contributed by atoms with van der Waals surface area (Å²) in [6.45, 7) is 0. The largest absolute Gasteiger partial charge is 0.497 e. The zero-order valence-electron chi connectivity index (χ0n) is 21.1. The van der Waals surface area contributed by atoms with Gasteiger partial charge < -0.3 is 10.1 Å². The lowest BCUT2D eigenvalue weighted by Gasteiger charge is -2.12. The fraction of sp³-hybridized carbons (Fsp3) is 0.172. The van der Waals surface area contributed by atoms with Crippen molar-refractivity contribution in [1.82, 2.24) is 4.98 Å². The standard InChI is InChI=1S/C29H25N3O4S3/c1-36-20-14-16-21(17-15-20)39(34,35)32-19-12-10-18(11-13-19)27(33)31-29-26(22-6-2-4-8-24(22)37-29)28-30-23-7-3-5-9-25(23)38-28/h3,5,7,9-17,32H,2,4,6,8H2,1H3,(H,31,33). The van der Waals surface area contributed by atoms with Gasteiger partial charge in [-0.25, -0.2) is 13.4 Å². The number of amides is 1. The second-order valence-electron chi connectivity index (χ2n) is 9.21. The van der Waals surface area contributed by atoms with Gasteiger partial charge in [0.15, 0.2) is 0 Å². The number of rotatable bonds is 7. The van der Waals surface area contributed by atoms with Gasteiger partial charge >= 0.3 is 0 Å². The van der Waals surface area contributed by atoms with Crippen LogP contribution < -0.4 is 14.8 Å². The first-order valence-electron chi connectivity index (χ1n) is 12.5. The Morgan fingerprint density at radius 1 is 0.923 bits per heavy atom. The molecule has 3 aromatic carbocycles. The molecular weight excluding hydrogens is 551 g/mol. The number of aryl methyl sites for hydroxylation is 1. The number of methoxy groups -OCH3 is 1. The van der Waals surface area contributed by atoms with Gasteiger partial charge in [-0.05, 0) is 91.9 Å². The lowest BCUT2D eigenvalue weighted by molar-refractivity contribution is 0.102. The monoisotopic (exact) mass is 575 g/mol. The number of ether oxygens (including phenoxy) is 1. The van der Waals surface area contributed by atoms with Crippen molar-refractivity contribution >= 4 is 59.5 Å². The highest BCUT2D eigenvalue weighted by Gasteiger charge is 2.25. The molecule has 0 bridgehead atoms. The topological polar surface area (TPSA) is 97.4 Å². The van der Waals surface area contributed by atoms with Gasteiger partial charge in [0.25, 0.3) is 15.9 Å². The molecule has 7 nitrogen and oxygen atoms in total. The van der Waals surface area contributed by atoms with Gasteiger partial charge in [0.05, 0.1) is 22.2 Å². The SMILES string of the molecule is COc1ccc(S(=O)(=O)Nc2ccc(C(=O)Nc3sc4c(c3-c3nc5ccccc5s3)CCCC4)cc2)cc1. The predicted octanol–water partition coefficient (Wildman–Crippen LogP) is 6.97. The number of nitrogens with zero attached hydrogens (tertiary/aromatic N) is 1. The van der Waals surface area contributed by atoms with E-state index in [0.29, 0.717) is 17.0 Å². The van der Waals surface area contributed by atoms with Crippen molar-refractivity contribution in [2.24, 2.45) is 0 Å². The Morgan fingerprint density at radius 3 is 2.41 bits per heavy atom. The van der Waals surface area contributed by atoms with Crippen LogP contribution in [0, 0.1) is 0 Å².